The molecule has 10 heteroatoms. The summed E-state index contributed by atoms with van der Waals surface area (Å²) in [5.41, 5.74) is 2.01. The second kappa shape index (κ2) is 7.43. The van der Waals surface area contributed by atoms with Gasteiger partial charge in [0, 0.05) is 26.2 Å². The zero-order valence-electron chi connectivity index (χ0n) is 16.3. The number of carbonyl (C=O) groups excluding carboxylic acids is 1. The maximum atomic E-state index is 12.8. The van der Waals surface area contributed by atoms with Gasteiger partial charge in [0.2, 0.25) is 0 Å². The molecule has 5 rings (SSSR count). The van der Waals surface area contributed by atoms with Gasteiger partial charge in [-0.15, -0.1) is 5.10 Å². The van der Waals surface area contributed by atoms with Crippen molar-refractivity contribution in [2.24, 2.45) is 0 Å². The third-order valence-corrected chi connectivity index (χ3v) is 5.58. The molecule has 10 nitrogen and oxygen atoms in total. The molecular weight excluding hydrogens is 374 g/mol. The Morgan fingerprint density at radius 3 is 2.90 bits per heavy atom. The summed E-state index contributed by atoms with van der Waals surface area (Å²) in [5, 5.41) is 8.63. The fraction of sp³-hybridized carbons (Fsp3) is 0.526. The lowest BCUT2D eigenvalue weighted by molar-refractivity contribution is -0.0297. The monoisotopic (exact) mass is 397 g/mol. The van der Waals surface area contributed by atoms with Crippen LogP contribution in [-0.2, 0) is 11.3 Å². The number of rotatable bonds is 4. The first-order valence-corrected chi connectivity index (χ1v) is 9.95. The highest BCUT2D eigenvalue weighted by atomic mass is 16.5. The summed E-state index contributed by atoms with van der Waals surface area (Å²) in [6, 6.07) is 1.71. The highest BCUT2D eigenvalue weighted by molar-refractivity contribution is 5.95. The van der Waals surface area contributed by atoms with Crippen LogP contribution in [0.1, 0.15) is 29.0 Å². The van der Waals surface area contributed by atoms with Crippen LogP contribution in [0.25, 0.3) is 11.2 Å². The molecule has 2 aliphatic rings. The molecule has 2 aliphatic heterocycles. The highest BCUT2D eigenvalue weighted by Gasteiger charge is 2.28. The number of morpholine rings is 1. The van der Waals surface area contributed by atoms with Crippen LogP contribution in [-0.4, -0.2) is 74.7 Å². The Balaban J connectivity index is 1.33. The Morgan fingerprint density at radius 2 is 2.10 bits per heavy atom. The number of amides is 1. The Bertz CT molecular complexity index is 1020. The molecule has 0 N–H and O–H groups in total. The van der Waals surface area contributed by atoms with Gasteiger partial charge in [0.15, 0.2) is 17.0 Å². The summed E-state index contributed by atoms with van der Waals surface area (Å²) < 4.78 is 12.9. The van der Waals surface area contributed by atoms with Crippen molar-refractivity contribution >= 4 is 22.9 Å². The van der Waals surface area contributed by atoms with Crippen LogP contribution < -0.4 is 4.90 Å². The Kier molecular flexibility index (Phi) is 4.62. The third kappa shape index (κ3) is 3.33. The number of carbonyl (C=O) groups is 1. The van der Waals surface area contributed by atoms with Crippen molar-refractivity contribution in [3.8, 4) is 0 Å². The zero-order chi connectivity index (χ0) is 19.8. The van der Waals surface area contributed by atoms with E-state index in [2.05, 4.69) is 25.2 Å². The smallest absolute Gasteiger partial charge is 0.257 e. The largest absolute Gasteiger partial charge is 0.469 e. The molecule has 0 saturated carbocycles. The summed E-state index contributed by atoms with van der Waals surface area (Å²) in [6.45, 7) is 5.75. The van der Waals surface area contributed by atoms with Crippen molar-refractivity contribution in [1.29, 1.82) is 0 Å². The van der Waals surface area contributed by atoms with E-state index in [0.717, 1.165) is 31.7 Å². The van der Waals surface area contributed by atoms with Crippen molar-refractivity contribution < 1.29 is 13.9 Å². The van der Waals surface area contributed by atoms with E-state index in [1.165, 1.54) is 0 Å². The van der Waals surface area contributed by atoms with Crippen molar-refractivity contribution in [3.05, 3.63) is 30.0 Å². The lowest BCUT2D eigenvalue weighted by Crippen LogP contribution is -2.47. The van der Waals surface area contributed by atoms with Gasteiger partial charge in [-0.1, -0.05) is 5.21 Å². The van der Waals surface area contributed by atoms with Gasteiger partial charge < -0.3 is 19.0 Å². The Morgan fingerprint density at radius 1 is 1.24 bits per heavy atom. The number of furan rings is 1. The molecule has 3 aromatic rings. The number of aromatic nitrogens is 5. The number of hydrogen-bond donors (Lipinski definition) is 0. The highest BCUT2D eigenvalue weighted by Crippen LogP contribution is 2.24. The van der Waals surface area contributed by atoms with Crippen LogP contribution in [0.4, 0.5) is 5.82 Å². The van der Waals surface area contributed by atoms with E-state index >= 15 is 0 Å². The lowest BCUT2D eigenvalue weighted by Gasteiger charge is -2.32. The number of nitrogens with zero attached hydrogens (tertiary/aromatic N) is 7. The van der Waals surface area contributed by atoms with Gasteiger partial charge in [0.05, 0.1) is 31.1 Å². The van der Waals surface area contributed by atoms with Gasteiger partial charge >= 0.3 is 0 Å². The van der Waals surface area contributed by atoms with Gasteiger partial charge in [0.25, 0.3) is 5.91 Å². The second-order valence-corrected chi connectivity index (χ2v) is 7.47. The van der Waals surface area contributed by atoms with Gasteiger partial charge in [-0.05, 0) is 25.8 Å². The molecule has 1 atom stereocenters. The molecule has 2 saturated heterocycles. The number of hydrogen-bond acceptors (Lipinski definition) is 8. The zero-order valence-corrected chi connectivity index (χ0v) is 16.3. The molecule has 0 aliphatic carbocycles. The fourth-order valence-electron chi connectivity index (χ4n) is 4.05. The Hall–Kier alpha value is -3.01. The van der Waals surface area contributed by atoms with Gasteiger partial charge in [-0.25, -0.2) is 14.6 Å². The molecule has 1 amide bonds. The predicted molar refractivity (Wildman–Crippen MR) is 104 cm³/mol. The van der Waals surface area contributed by atoms with Crippen LogP contribution in [0.15, 0.2) is 23.1 Å². The SMILES string of the molecule is Cc1occc1C(=O)N1CCOC(Cn2nnc3c(N4CCCC4)ncnc32)C1. The topological polar surface area (TPSA) is 102 Å². The Labute approximate surface area is 167 Å². The van der Waals surface area contributed by atoms with Crippen LogP contribution in [0.3, 0.4) is 0 Å². The molecule has 0 spiro atoms. The number of anilines is 1. The van der Waals surface area contributed by atoms with Crippen molar-refractivity contribution in [3.63, 3.8) is 0 Å². The van der Waals surface area contributed by atoms with Gasteiger partial charge in [-0.3, -0.25) is 4.79 Å². The van der Waals surface area contributed by atoms with Crippen LogP contribution in [0, 0.1) is 6.92 Å². The number of aryl methyl sites for hydroxylation is 1. The summed E-state index contributed by atoms with van der Waals surface area (Å²) in [5.74, 6) is 1.44. The number of ether oxygens (including phenoxy) is 1. The van der Waals surface area contributed by atoms with Gasteiger partial charge in [-0.2, -0.15) is 0 Å². The first-order chi connectivity index (χ1) is 14.2. The quantitative estimate of drug-likeness (QED) is 0.648. The average molecular weight is 397 g/mol. The van der Waals surface area contributed by atoms with Crippen LogP contribution >= 0.6 is 0 Å². The van der Waals surface area contributed by atoms with E-state index in [0.29, 0.717) is 48.7 Å². The van der Waals surface area contributed by atoms with E-state index in [4.69, 9.17) is 9.15 Å². The molecular formula is C19H23N7O3. The molecule has 2 fully saturated rings. The maximum Gasteiger partial charge on any atom is 0.257 e. The van der Waals surface area contributed by atoms with E-state index in [1.54, 1.807) is 35.2 Å². The molecule has 0 bridgehead atoms. The minimum absolute atomic E-state index is 0.0355. The number of fused-ring (bicyclic) bond motifs is 1. The summed E-state index contributed by atoms with van der Waals surface area (Å²) >= 11 is 0. The van der Waals surface area contributed by atoms with E-state index in [1.807, 2.05) is 0 Å². The van der Waals surface area contributed by atoms with Crippen LogP contribution in [0.5, 0.6) is 0 Å². The minimum atomic E-state index is -0.185. The molecule has 152 valence electrons. The molecule has 0 aromatic carbocycles. The normalized spacial score (nSPS) is 20.0. The predicted octanol–water partition coefficient (Wildman–Crippen LogP) is 1.26. The van der Waals surface area contributed by atoms with E-state index in [-0.39, 0.29) is 12.0 Å². The molecule has 1 unspecified atom stereocenters. The lowest BCUT2D eigenvalue weighted by atomic mass is 10.2. The van der Waals surface area contributed by atoms with E-state index < -0.39 is 0 Å². The first-order valence-electron chi connectivity index (χ1n) is 9.95. The van der Waals surface area contributed by atoms with Crippen LogP contribution in [0.2, 0.25) is 0 Å². The summed E-state index contributed by atoms with van der Waals surface area (Å²) in [6.07, 6.45) is 5.25. The maximum absolute atomic E-state index is 12.8. The van der Waals surface area contributed by atoms with Crippen molar-refractivity contribution in [2.45, 2.75) is 32.4 Å². The first kappa shape index (κ1) is 18.0. The molecule has 5 heterocycles. The minimum Gasteiger partial charge on any atom is -0.469 e. The standard InChI is InChI=1S/C19H23N7O3/c1-13-15(4-8-28-13)19(27)25-7-9-29-14(10-25)11-26-18-16(22-23-26)17(20-12-21-18)24-5-2-3-6-24/h4,8,12,14H,2-3,5-7,9-11H2,1H3. The third-order valence-electron chi connectivity index (χ3n) is 5.58. The molecule has 0 radical (unpaired) electrons. The average Bonchev–Trinajstić information content (AvgIpc) is 3.49. The molecule has 29 heavy (non-hydrogen) atoms. The van der Waals surface area contributed by atoms with E-state index in [9.17, 15) is 4.79 Å². The fourth-order valence-corrected chi connectivity index (χ4v) is 4.05. The molecule has 3 aromatic heterocycles. The van der Waals surface area contributed by atoms with Crippen molar-refractivity contribution in [2.75, 3.05) is 37.7 Å². The van der Waals surface area contributed by atoms with Crippen molar-refractivity contribution in [1.82, 2.24) is 29.9 Å². The second-order valence-electron chi connectivity index (χ2n) is 7.47. The summed E-state index contributed by atoms with van der Waals surface area (Å²) in [7, 11) is 0. The van der Waals surface area contributed by atoms with Gasteiger partial charge in [0.1, 0.15) is 12.1 Å². The summed E-state index contributed by atoms with van der Waals surface area (Å²) in [4.78, 5) is 25.6.